The monoisotopic (exact) mass is 299 g/mol. The van der Waals surface area contributed by atoms with Gasteiger partial charge in [-0.25, -0.2) is 0 Å². The number of halogens is 1. The molecule has 21 heavy (non-hydrogen) atoms. The van der Waals surface area contributed by atoms with E-state index in [1.165, 1.54) is 22.0 Å². The second kappa shape index (κ2) is 6.29. The van der Waals surface area contributed by atoms with Crippen LogP contribution in [0.2, 0.25) is 5.02 Å². The second-order valence-corrected chi connectivity index (χ2v) is 5.52. The lowest BCUT2D eigenvalue weighted by Gasteiger charge is -2.05. The molecule has 1 N–H and O–H groups in total. The van der Waals surface area contributed by atoms with E-state index >= 15 is 0 Å². The molecule has 0 bridgehead atoms. The zero-order valence-corrected chi connectivity index (χ0v) is 12.8. The Morgan fingerprint density at radius 3 is 2.76 bits per heavy atom. The van der Waals surface area contributed by atoms with Crippen molar-refractivity contribution in [2.24, 2.45) is 0 Å². The quantitative estimate of drug-likeness (QED) is 0.775. The third-order valence-corrected chi connectivity index (χ3v) is 3.83. The van der Waals surface area contributed by atoms with Crippen LogP contribution < -0.4 is 5.32 Å². The Hall–Kier alpha value is -1.84. The van der Waals surface area contributed by atoms with E-state index in [-0.39, 0.29) is 0 Å². The van der Waals surface area contributed by atoms with Crippen molar-refractivity contribution in [1.29, 1.82) is 0 Å². The van der Waals surface area contributed by atoms with Crippen molar-refractivity contribution in [1.82, 2.24) is 14.9 Å². The molecule has 0 saturated heterocycles. The van der Waals surface area contributed by atoms with Crippen LogP contribution in [0.15, 0.2) is 48.9 Å². The van der Waals surface area contributed by atoms with Gasteiger partial charge in [0.1, 0.15) is 0 Å². The molecule has 0 unspecified atom stereocenters. The van der Waals surface area contributed by atoms with Crippen LogP contribution in [-0.2, 0) is 13.1 Å². The van der Waals surface area contributed by atoms with Crippen LogP contribution in [-0.4, -0.2) is 16.1 Å². The summed E-state index contributed by atoms with van der Waals surface area (Å²) >= 11 is 6.17. The summed E-state index contributed by atoms with van der Waals surface area (Å²) in [5.41, 5.74) is 3.71. The lowest BCUT2D eigenvalue weighted by Crippen LogP contribution is -2.11. The minimum atomic E-state index is 0.770. The van der Waals surface area contributed by atoms with Crippen LogP contribution in [0.25, 0.3) is 10.9 Å². The van der Waals surface area contributed by atoms with Gasteiger partial charge < -0.3 is 9.88 Å². The summed E-state index contributed by atoms with van der Waals surface area (Å²) in [6.07, 6.45) is 5.87. The maximum Gasteiger partial charge on any atom is 0.0501 e. The summed E-state index contributed by atoms with van der Waals surface area (Å²) in [7, 11) is 0. The fourth-order valence-corrected chi connectivity index (χ4v) is 2.72. The molecule has 3 aromatic rings. The number of fused-ring (bicyclic) bond motifs is 1. The normalized spacial score (nSPS) is 11.1. The fraction of sp³-hybridized carbons (Fsp3) is 0.235. The smallest absolute Gasteiger partial charge is 0.0501 e. The van der Waals surface area contributed by atoms with Gasteiger partial charge in [0.15, 0.2) is 0 Å². The first-order valence-corrected chi connectivity index (χ1v) is 7.52. The Kier molecular flexibility index (Phi) is 4.23. The average molecular weight is 300 g/mol. The number of hydrogen-bond acceptors (Lipinski definition) is 2. The van der Waals surface area contributed by atoms with Gasteiger partial charge >= 0.3 is 0 Å². The van der Waals surface area contributed by atoms with Crippen molar-refractivity contribution >= 4 is 22.5 Å². The van der Waals surface area contributed by atoms with Crippen LogP contribution in [0.5, 0.6) is 0 Å². The van der Waals surface area contributed by atoms with E-state index < -0.39 is 0 Å². The van der Waals surface area contributed by atoms with E-state index in [0.717, 1.165) is 24.7 Å². The summed E-state index contributed by atoms with van der Waals surface area (Å²) in [5, 5.41) is 5.42. The lowest BCUT2D eigenvalue weighted by atomic mass is 10.2. The van der Waals surface area contributed by atoms with Crippen molar-refractivity contribution in [3.63, 3.8) is 0 Å². The SMILES string of the molecule is CCNCc1cn(Cc2ccncc2)c2cc(Cl)ccc12. The molecule has 2 heterocycles. The second-order valence-electron chi connectivity index (χ2n) is 5.08. The molecule has 0 atom stereocenters. The standard InChI is InChI=1S/C17H18ClN3/c1-2-19-10-14-12-21(11-13-5-7-20-8-6-13)17-9-15(18)3-4-16(14)17/h3-9,12,19H,2,10-11H2,1H3. The average Bonchev–Trinajstić information content (AvgIpc) is 2.83. The molecule has 0 saturated carbocycles. The fourth-order valence-electron chi connectivity index (χ4n) is 2.56. The summed E-state index contributed by atoms with van der Waals surface area (Å²) in [6, 6.07) is 10.2. The number of hydrogen-bond donors (Lipinski definition) is 1. The molecule has 108 valence electrons. The number of nitrogens with zero attached hydrogens (tertiary/aromatic N) is 2. The van der Waals surface area contributed by atoms with Crippen molar-refractivity contribution in [3.8, 4) is 0 Å². The zero-order chi connectivity index (χ0) is 14.7. The Morgan fingerprint density at radius 2 is 2.00 bits per heavy atom. The third-order valence-electron chi connectivity index (χ3n) is 3.59. The Balaban J connectivity index is 2.02. The number of pyridine rings is 1. The summed E-state index contributed by atoms with van der Waals surface area (Å²) in [4.78, 5) is 4.07. The molecule has 0 aliphatic heterocycles. The highest BCUT2D eigenvalue weighted by molar-refractivity contribution is 6.31. The van der Waals surface area contributed by atoms with Crippen LogP contribution in [0.1, 0.15) is 18.1 Å². The van der Waals surface area contributed by atoms with Gasteiger partial charge in [0.25, 0.3) is 0 Å². The highest BCUT2D eigenvalue weighted by atomic mass is 35.5. The highest BCUT2D eigenvalue weighted by Crippen LogP contribution is 2.25. The van der Waals surface area contributed by atoms with E-state index in [1.54, 1.807) is 0 Å². The maximum atomic E-state index is 6.17. The van der Waals surface area contributed by atoms with Crippen LogP contribution >= 0.6 is 11.6 Å². The largest absolute Gasteiger partial charge is 0.343 e. The highest BCUT2D eigenvalue weighted by Gasteiger charge is 2.09. The molecule has 4 heteroatoms. The molecule has 0 radical (unpaired) electrons. The first kappa shape index (κ1) is 14.1. The first-order valence-electron chi connectivity index (χ1n) is 7.15. The Bertz CT molecular complexity index is 734. The Labute approximate surface area is 129 Å². The van der Waals surface area contributed by atoms with Gasteiger partial charge in [0.2, 0.25) is 0 Å². The Morgan fingerprint density at radius 1 is 1.19 bits per heavy atom. The topological polar surface area (TPSA) is 29.9 Å². The van der Waals surface area contributed by atoms with Gasteiger partial charge in [-0.15, -0.1) is 0 Å². The van der Waals surface area contributed by atoms with Gasteiger partial charge in [-0.3, -0.25) is 4.98 Å². The van der Waals surface area contributed by atoms with Crippen LogP contribution in [0, 0.1) is 0 Å². The molecular formula is C17H18ClN3. The van der Waals surface area contributed by atoms with Crippen molar-refractivity contribution in [3.05, 3.63) is 65.1 Å². The number of aromatic nitrogens is 2. The van der Waals surface area contributed by atoms with E-state index in [2.05, 4.69) is 34.1 Å². The van der Waals surface area contributed by atoms with Crippen molar-refractivity contribution in [2.75, 3.05) is 6.54 Å². The molecular weight excluding hydrogens is 282 g/mol. The van der Waals surface area contributed by atoms with E-state index in [1.807, 2.05) is 36.7 Å². The number of rotatable bonds is 5. The van der Waals surface area contributed by atoms with Gasteiger partial charge in [0.05, 0.1) is 5.52 Å². The van der Waals surface area contributed by atoms with Gasteiger partial charge in [-0.1, -0.05) is 24.6 Å². The number of benzene rings is 1. The van der Waals surface area contributed by atoms with E-state index in [4.69, 9.17) is 11.6 Å². The van der Waals surface area contributed by atoms with Gasteiger partial charge in [-0.2, -0.15) is 0 Å². The van der Waals surface area contributed by atoms with E-state index in [9.17, 15) is 0 Å². The molecule has 0 fully saturated rings. The van der Waals surface area contributed by atoms with Crippen molar-refractivity contribution < 1.29 is 0 Å². The lowest BCUT2D eigenvalue weighted by molar-refractivity contribution is 0.724. The predicted octanol–water partition coefficient (Wildman–Crippen LogP) is 3.85. The summed E-state index contributed by atoms with van der Waals surface area (Å²) < 4.78 is 2.25. The minimum Gasteiger partial charge on any atom is -0.343 e. The molecule has 3 rings (SSSR count). The molecule has 2 aromatic heterocycles. The van der Waals surface area contributed by atoms with E-state index in [0.29, 0.717) is 0 Å². The zero-order valence-electron chi connectivity index (χ0n) is 12.0. The molecule has 0 amide bonds. The molecule has 0 spiro atoms. The number of nitrogens with one attached hydrogen (secondary N) is 1. The van der Waals surface area contributed by atoms with Crippen LogP contribution in [0.3, 0.4) is 0 Å². The predicted molar refractivity (Wildman–Crippen MR) is 87.7 cm³/mol. The molecule has 1 aromatic carbocycles. The maximum absolute atomic E-state index is 6.17. The van der Waals surface area contributed by atoms with Gasteiger partial charge in [-0.05, 0) is 41.9 Å². The minimum absolute atomic E-state index is 0.770. The van der Waals surface area contributed by atoms with Gasteiger partial charge in [0, 0.05) is 42.1 Å². The molecule has 3 nitrogen and oxygen atoms in total. The first-order chi connectivity index (χ1) is 10.3. The van der Waals surface area contributed by atoms with Crippen LogP contribution in [0.4, 0.5) is 0 Å². The van der Waals surface area contributed by atoms with Crippen molar-refractivity contribution in [2.45, 2.75) is 20.0 Å². The third kappa shape index (κ3) is 3.09. The summed E-state index contributed by atoms with van der Waals surface area (Å²) in [5.74, 6) is 0. The summed E-state index contributed by atoms with van der Waals surface area (Å²) in [6.45, 7) is 4.78. The molecule has 0 aliphatic rings. The molecule has 0 aliphatic carbocycles.